The number of ether oxygens (including phenoxy) is 2. The second-order valence-corrected chi connectivity index (χ2v) is 12.7. The molecule has 2 saturated heterocycles. The van der Waals surface area contributed by atoms with Crippen molar-refractivity contribution in [3.63, 3.8) is 0 Å². The van der Waals surface area contributed by atoms with Crippen LogP contribution >= 0.6 is 0 Å². The Morgan fingerprint density at radius 1 is 0.828 bits per heavy atom. The van der Waals surface area contributed by atoms with Gasteiger partial charge in [0.2, 0.25) is 11.2 Å². The quantitative estimate of drug-likeness (QED) is 0.269. The molecule has 0 amide bonds. The van der Waals surface area contributed by atoms with Crippen LogP contribution in [0.2, 0.25) is 0 Å². The van der Waals surface area contributed by atoms with E-state index in [4.69, 9.17) is 13.1 Å². The van der Waals surface area contributed by atoms with Gasteiger partial charge in [0.25, 0.3) is 0 Å². The first-order valence-electron chi connectivity index (χ1n) is 10.6. The molecule has 156 valence electrons. The minimum Gasteiger partial charge on any atom is -0.393 e. The summed E-state index contributed by atoms with van der Waals surface area (Å²) in [6, 6.07) is 0. The monoisotopic (exact) mass is 440 g/mol. The predicted molar refractivity (Wildman–Crippen MR) is 104 cm³/mol. The van der Waals surface area contributed by atoms with Gasteiger partial charge >= 0.3 is 23.9 Å². The Kier molecular flexibility index (Phi) is 4.17. The van der Waals surface area contributed by atoms with Crippen LogP contribution in [0.3, 0.4) is 0 Å². The fourth-order valence-electron chi connectivity index (χ4n) is 7.28. The molecule has 0 radical (unpaired) electrons. The van der Waals surface area contributed by atoms with Crippen molar-refractivity contribution in [1.82, 2.24) is 0 Å². The third kappa shape index (κ3) is 2.50. The van der Waals surface area contributed by atoms with Gasteiger partial charge in [-0.3, -0.25) is 19.2 Å². The Balaban J connectivity index is 1.12. The van der Waals surface area contributed by atoms with E-state index in [2.05, 4.69) is 6.92 Å². The van der Waals surface area contributed by atoms with E-state index in [1.165, 1.54) is 0 Å². The van der Waals surface area contributed by atoms with Crippen LogP contribution in [0.1, 0.15) is 32.6 Å². The number of carbonyl (C=O) groups excluding carboxylic acids is 4. The van der Waals surface area contributed by atoms with Gasteiger partial charge in [-0.25, -0.2) is 0 Å². The number of hydrogen-bond acceptors (Lipinski definition) is 7. The first-order chi connectivity index (χ1) is 14.0. The second kappa shape index (κ2) is 6.47. The van der Waals surface area contributed by atoms with E-state index < -0.39 is 0 Å². The highest BCUT2D eigenvalue weighted by Gasteiger charge is 2.69. The number of rotatable bonds is 5. The van der Waals surface area contributed by atoms with Crippen molar-refractivity contribution in [2.45, 2.75) is 43.1 Å². The molecule has 4 saturated carbocycles. The van der Waals surface area contributed by atoms with Gasteiger partial charge in [0.1, 0.15) is 5.75 Å². The molecule has 0 N–H and O–H groups in total. The first kappa shape index (κ1) is 18.7. The molecule has 4 bridgehead atoms. The molecule has 0 aromatic carbocycles. The van der Waals surface area contributed by atoms with Crippen LogP contribution in [0.5, 0.6) is 0 Å². The van der Waals surface area contributed by atoms with Crippen molar-refractivity contribution in [2.24, 2.45) is 47.3 Å². The van der Waals surface area contributed by atoms with Gasteiger partial charge in [-0.2, -0.15) is 0 Å². The predicted octanol–water partition coefficient (Wildman–Crippen LogP) is 0.734. The van der Waals surface area contributed by atoms with E-state index in [-0.39, 0.29) is 87.6 Å². The van der Waals surface area contributed by atoms with Gasteiger partial charge < -0.3 is 9.47 Å². The fraction of sp³-hybridized carbons (Fsp3) is 0.800. The summed E-state index contributed by atoms with van der Waals surface area (Å²) in [5.41, 5.74) is 0. The van der Waals surface area contributed by atoms with Crippen LogP contribution in [0.4, 0.5) is 0 Å². The van der Waals surface area contributed by atoms with Crippen molar-refractivity contribution in [2.75, 3.05) is 5.75 Å². The lowest BCUT2D eigenvalue weighted by molar-refractivity contribution is -0.156. The average molecular weight is 441 g/mol. The van der Waals surface area contributed by atoms with E-state index >= 15 is 0 Å². The molecular weight excluding hydrogens is 416 g/mol. The standard InChI is InChI=1S/C20H23O7S2/c1-2-29(12-6-8-4-10(12)16-14(8)18(22)26-20(16)24)27-28-11-5-7-3-9(11)15-13(7)17(21)25-19(15)23/h7-16H,2-6H2,1H3/q+1/p+1. The highest BCUT2D eigenvalue weighted by molar-refractivity contribution is 7.99. The lowest BCUT2D eigenvalue weighted by Gasteiger charge is -2.25. The third-order valence-electron chi connectivity index (χ3n) is 8.30. The molecule has 2 aliphatic heterocycles. The zero-order chi connectivity index (χ0) is 20.0. The van der Waals surface area contributed by atoms with Gasteiger partial charge in [0.05, 0.1) is 23.7 Å². The molecule has 0 aromatic rings. The second-order valence-electron chi connectivity index (χ2n) is 9.33. The minimum atomic E-state index is -0.342. The third-order valence-corrected chi connectivity index (χ3v) is 12.1. The Morgan fingerprint density at radius 3 is 2.03 bits per heavy atom. The molecule has 9 heteroatoms. The van der Waals surface area contributed by atoms with Crippen LogP contribution < -0.4 is 0 Å². The van der Waals surface area contributed by atoms with Gasteiger partial charge in [-0.1, -0.05) is 0 Å². The zero-order valence-corrected chi connectivity index (χ0v) is 17.7. The highest BCUT2D eigenvalue weighted by atomic mass is 32.3. The van der Waals surface area contributed by atoms with Crippen molar-refractivity contribution >= 4 is 47.1 Å². The maximum Gasteiger partial charge on any atom is 0.317 e. The van der Waals surface area contributed by atoms with E-state index in [1.54, 1.807) is 0 Å². The fourth-order valence-corrected chi connectivity index (χ4v) is 11.4. The zero-order valence-electron chi connectivity index (χ0n) is 16.0. The Morgan fingerprint density at radius 2 is 1.38 bits per heavy atom. The van der Waals surface area contributed by atoms with Gasteiger partial charge in [0.15, 0.2) is 22.5 Å². The van der Waals surface area contributed by atoms with Gasteiger partial charge in [0, 0.05) is 28.3 Å². The molecule has 2 heterocycles. The molecule has 11 atom stereocenters. The Labute approximate surface area is 175 Å². The molecule has 7 nitrogen and oxygen atoms in total. The van der Waals surface area contributed by atoms with Crippen LogP contribution in [0, 0.1) is 47.3 Å². The summed E-state index contributed by atoms with van der Waals surface area (Å²) in [6.07, 6.45) is 3.70. The van der Waals surface area contributed by atoms with E-state index in [0.29, 0.717) is 5.25 Å². The van der Waals surface area contributed by atoms with Crippen LogP contribution in [-0.4, -0.2) is 40.1 Å². The minimum absolute atomic E-state index is 0.180. The van der Waals surface area contributed by atoms with E-state index in [0.717, 1.165) is 43.5 Å². The lowest BCUT2D eigenvalue weighted by Crippen LogP contribution is -2.40. The molecule has 4 aliphatic carbocycles. The molecule has 0 aromatic heterocycles. The number of carbonyl (C=O) groups is 4. The molecule has 6 rings (SSSR count). The Bertz CT molecular complexity index is 815. The number of thiol groups is 1. The van der Waals surface area contributed by atoms with Gasteiger partial charge in [-0.05, 0) is 31.6 Å². The smallest absolute Gasteiger partial charge is 0.317 e. The van der Waals surface area contributed by atoms with Crippen molar-refractivity contribution < 1.29 is 32.3 Å². The summed E-state index contributed by atoms with van der Waals surface area (Å²) in [5, 5.41) is 0.576. The number of cyclic esters (lactones) is 4. The van der Waals surface area contributed by atoms with Crippen LogP contribution in [-0.2, 0) is 55.5 Å². The molecule has 0 spiro atoms. The number of esters is 4. The van der Waals surface area contributed by atoms with Gasteiger partial charge in [-0.15, -0.1) is 0 Å². The summed E-state index contributed by atoms with van der Waals surface area (Å²) in [7, 11) is 0. The normalized spacial score (nSPS) is 50.1. The van der Waals surface area contributed by atoms with Crippen LogP contribution in [0.15, 0.2) is 0 Å². The maximum atomic E-state index is 12.2. The Hall–Kier alpha value is -1.06. The number of hydrogen-bond donors (Lipinski definition) is 0. The summed E-state index contributed by atoms with van der Waals surface area (Å²) < 4.78 is 16.2. The van der Waals surface area contributed by atoms with Crippen molar-refractivity contribution in [3.8, 4) is 0 Å². The molecule has 29 heavy (non-hydrogen) atoms. The van der Waals surface area contributed by atoms with Crippen LogP contribution in [0.25, 0.3) is 0 Å². The lowest BCUT2D eigenvalue weighted by atomic mass is 9.81. The summed E-state index contributed by atoms with van der Waals surface area (Å²) >= 11 is 0.621. The van der Waals surface area contributed by atoms with E-state index in [1.807, 2.05) is 0 Å². The summed E-state index contributed by atoms with van der Waals surface area (Å²) in [6.45, 7) is 2.12. The first-order valence-corrected chi connectivity index (χ1v) is 12.8. The van der Waals surface area contributed by atoms with Crippen molar-refractivity contribution in [1.29, 1.82) is 0 Å². The SMILES string of the molecule is CC[S+](O[SH+]C1CC2CC1C1C(=O)OC(=O)C21)C1CC2CC1C1C(=O)OC(=O)C21. The molecule has 6 aliphatic rings. The number of fused-ring (bicyclic) bond motifs is 10. The largest absolute Gasteiger partial charge is 0.393 e. The summed E-state index contributed by atoms with van der Waals surface area (Å²) in [4.78, 5) is 48.2. The topological polar surface area (TPSA) is 96.0 Å². The summed E-state index contributed by atoms with van der Waals surface area (Å²) in [5.74, 6) is -0.569. The average Bonchev–Trinajstić information content (AvgIpc) is 3.48. The molecule has 6 fully saturated rings. The maximum absolute atomic E-state index is 12.2. The molecule has 11 unspecified atom stereocenters. The highest BCUT2D eigenvalue weighted by Crippen LogP contribution is 2.59. The van der Waals surface area contributed by atoms with Crippen molar-refractivity contribution in [3.05, 3.63) is 0 Å². The molecular formula is C20H24O7S2+2. The van der Waals surface area contributed by atoms with E-state index in [9.17, 15) is 19.2 Å².